The summed E-state index contributed by atoms with van der Waals surface area (Å²) in [6.07, 6.45) is 0. The van der Waals surface area contributed by atoms with E-state index in [1.165, 1.54) is 19.1 Å². The van der Waals surface area contributed by atoms with Gasteiger partial charge in [0.1, 0.15) is 17.3 Å². The zero-order valence-corrected chi connectivity index (χ0v) is 13.9. The molecule has 2 aromatic heterocycles. The van der Waals surface area contributed by atoms with E-state index in [0.29, 0.717) is 11.5 Å². The minimum absolute atomic E-state index is 0.0291. The van der Waals surface area contributed by atoms with E-state index < -0.39 is 15.8 Å². The van der Waals surface area contributed by atoms with Gasteiger partial charge in [-0.25, -0.2) is 17.5 Å². The minimum atomic E-state index is -3.72. The van der Waals surface area contributed by atoms with Crippen LogP contribution in [0.5, 0.6) is 0 Å². The molecule has 1 N–H and O–H groups in total. The van der Waals surface area contributed by atoms with Crippen LogP contribution in [-0.4, -0.2) is 8.42 Å². The van der Waals surface area contributed by atoms with Gasteiger partial charge in [-0.2, -0.15) is 0 Å². The highest BCUT2D eigenvalue weighted by Crippen LogP contribution is 2.26. The van der Waals surface area contributed by atoms with Crippen molar-refractivity contribution in [2.45, 2.75) is 18.4 Å². The molecule has 2 heterocycles. The van der Waals surface area contributed by atoms with Gasteiger partial charge in [-0.1, -0.05) is 6.07 Å². The summed E-state index contributed by atoms with van der Waals surface area (Å²) < 4.78 is 45.8. The van der Waals surface area contributed by atoms with Crippen molar-refractivity contribution in [2.24, 2.45) is 0 Å². The molecule has 0 bridgehead atoms. The molecule has 0 aliphatic rings. The van der Waals surface area contributed by atoms with E-state index in [4.69, 9.17) is 4.42 Å². The van der Waals surface area contributed by atoms with Gasteiger partial charge in [-0.15, -0.1) is 11.3 Å². The maximum atomic E-state index is 13.2. The van der Waals surface area contributed by atoms with Gasteiger partial charge in [0.05, 0.1) is 16.3 Å². The van der Waals surface area contributed by atoms with Crippen LogP contribution in [0, 0.1) is 12.7 Å². The van der Waals surface area contributed by atoms with Gasteiger partial charge >= 0.3 is 0 Å². The Morgan fingerprint density at radius 3 is 2.74 bits per heavy atom. The molecular weight excluding hydrogens is 337 g/mol. The lowest BCUT2D eigenvalue weighted by Crippen LogP contribution is -2.23. The van der Waals surface area contributed by atoms with E-state index >= 15 is 0 Å². The lowest BCUT2D eigenvalue weighted by Gasteiger charge is -2.06. The Kier molecular flexibility index (Phi) is 4.34. The lowest BCUT2D eigenvalue weighted by atomic mass is 10.2. The van der Waals surface area contributed by atoms with Gasteiger partial charge < -0.3 is 4.42 Å². The Labute approximate surface area is 137 Å². The number of hydrogen-bond acceptors (Lipinski definition) is 4. The van der Waals surface area contributed by atoms with Gasteiger partial charge in [0, 0.05) is 0 Å². The van der Waals surface area contributed by atoms with Crippen molar-refractivity contribution >= 4 is 21.4 Å². The molecule has 0 amide bonds. The molecule has 7 heteroatoms. The topological polar surface area (TPSA) is 59.3 Å². The number of nitrogens with one attached hydrogen (secondary N) is 1. The summed E-state index contributed by atoms with van der Waals surface area (Å²) in [7, 11) is -3.72. The third-order valence-electron chi connectivity index (χ3n) is 3.30. The van der Waals surface area contributed by atoms with Gasteiger partial charge in [-0.05, 0) is 54.3 Å². The maximum absolute atomic E-state index is 13.2. The summed E-state index contributed by atoms with van der Waals surface area (Å²) in [5.74, 6) is 0.776. The van der Waals surface area contributed by atoms with Crippen LogP contribution in [0.3, 0.4) is 0 Å². The maximum Gasteiger partial charge on any atom is 0.240 e. The highest BCUT2D eigenvalue weighted by molar-refractivity contribution is 7.89. The van der Waals surface area contributed by atoms with E-state index in [1.54, 1.807) is 23.5 Å². The first-order valence-corrected chi connectivity index (χ1v) is 9.20. The summed E-state index contributed by atoms with van der Waals surface area (Å²) in [6, 6.07) is 11.1. The second-order valence-corrected chi connectivity index (χ2v) is 7.69. The predicted molar refractivity (Wildman–Crippen MR) is 87.2 cm³/mol. The van der Waals surface area contributed by atoms with Crippen molar-refractivity contribution in [3.05, 3.63) is 65.0 Å². The molecule has 0 aliphatic heterocycles. The highest BCUT2D eigenvalue weighted by atomic mass is 32.2. The lowest BCUT2D eigenvalue weighted by molar-refractivity contribution is 0.510. The summed E-state index contributed by atoms with van der Waals surface area (Å²) in [4.78, 5) is 1.01. The van der Waals surface area contributed by atoms with Crippen LogP contribution in [0.2, 0.25) is 0 Å². The Hall–Kier alpha value is -1.96. The van der Waals surface area contributed by atoms with Crippen molar-refractivity contribution in [2.75, 3.05) is 0 Å². The van der Waals surface area contributed by atoms with Crippen molar-refractivity contribution in [1.82, 2.24) is 4.72 Å². The quantitative estimate of drug-likeness (QED) is 0.757. The van der Waals surface area contributed by atoms with Gasteiger partial charge in [-0.3, -0.25) is 0 Å². The van der Waals surface area contributed by atoms with Crippen LogP contribution in [0.25, 0.3) is 10.6 Å². The number of halogens is 1. The molecule has 0 unspecified atom stereocenters. The molecule has 3 rings (SSSR count). The van der Waals surface area contributed by atoms with Crippen molar-refractivity contribution in [3.8, 4) is 10.6 Å². The summed E-state index contributed by atoms with van der Waals surface area (Å²) in [5, 5.41) is 1.94. The van der Waals surface area contributed by atoms with Gasteiger partial charge in [0.2, 0.25) is 10.0 Å². The first-order valence-electron chi connectivity index (χ1n) is 6.84. The Balaban J connectivity index is 1.73. The number of aryl methyl sites for hydroxylation is 1. The van der Waals surface area contributed by atoms with Crippen LogP contribution in [0.4, 0.5) is 4.39 Å². The van der Waals surface area contributed by atoms with E-state index in [2.05, 4.69) is 4.72 Å². The number of furan rings is 1. The van der Waals surface area contributed by atoms with Crippen LogP contribution in [0.1, 0.15) is 11.3 Å². The molecule has 0 atom stereocenters. The highest BCUT2D eigenvalue weighted by Gasteiger charge is 2.16. The first kappa shape index (κ1) is 15.9. The number of hydrogen-bond donors (Lipinski definition) is 1. The fraction of sp³-hybridized carbons (Fsp3) is 0.125. The molecule has 4 nitrogen and oxygen atoms in total. The van der Waals surface area contributed by atoms with E-state index in [1.807, 2.05) is 17.5 Å². The predicted octanol–water partition coefficient (Wildman–Crippen LogP) is 3.93. The van der Waals surface area contributed by atoms with Gasteiger partial charge in [0.15, 0.2) is 0 Å². The third-order valence-corrected chi connectivity index (χ3v) is 5.59. The second-order valence-electron chi connectivity index (χ2n) is 4.98. The molecule has 0 radical (unpaired) electrons. The molecule has 0 fully saturated rings. The number of benzene rings is 1. The van der Waals surface area contributed by atoms with E-state index in [-0.39, 0.29) is 17.0 Å². The van der Waals surface area contributed by atoms with Gasteiger partial charge in [0.25, 0.3) is 0 Å². The number of sulfonamides is 1. The van der Waals surface area contributed by atoms with E-state index in [0.717, 1.165) is 10.9 Å². The summed E-state index contributed by atoms with van der Waals surface area (Å²) >= 11 is 1.54. The fourth-order valence-electron chi connectivity index (χ4n) is 2.06. The Morgan fingerprint density at radius 2 is 2.04 bits per heavy atom. The van der Waals surface area contributed by atoms with E-state index in [9.17, 15) is 12.8 Å². The van der Waals surface area contributed by atoms with Crippen LogP contribution in [0.15, 0.2) is 57.2 Å². The standard InChI is InChI=1S/C16H14FNO3S2/c1-11-9-13(5-6-14(11)17)23(19,20)18-10-12-4-7-15(21-12)16-3-2-8-22-16/h2-9,18H,10H2,1H3. The average Bonchev–Trinajstić information content (AvgIpc) is 3.18. The number of thiophene rings is 1. The van der Waals surface area contributed by atoms with Crippen LogP contribution >= 0.6 is 11.3 Å². The number of rotatable bonds is 5. The molecule has 0 aliphatic carbocycles. The molecule has 23 heavy (non-hydrogen) atoms. The molecular formula is C16H14FNO3S2. The molecule has 120 valence electrons. The average molecular weight is 351 g/mol. The third kappa shape index (κ3) is 3.52. The molecule has 0 spiro atoms. The molecule has 0 saturated carbocycles. The minimum Gasteiger partial charge on any atom is -0.459 e. The van der Waals surface area contributed by atoms with Crippen molar-refractivity contribution in [1.29, 1.82) is 0 Å². The molecule has 1 aromatic carbocycles. The smallest absolute Gasteiger partial charge is 0.240 e. The first-order chi connectivity index (χ1) is 11.0. The SMILES string of the molecule is Cc1cc(S(=O)(=O)NCc2ccc(-c3cccs3)o2)ccc1F. The zero-order valence-electron chi connectivity index (χ0n) is 12.2. The van der Waals surface area contributed by atoms with Crippen LogP contribution < -0.4 is 4.72 Å². The van der Waals surface area contributed by atoms with Crippen molar-refractivity contribution in [3.63, 3.8) is 0 Å². The Bertz CT molecular complexity index is 915. The monoisotopic (exact) mass is 351 g/mol. The van der Waals surface area contributed by atoms with Crippen LogP contribution in [-0.2, 0) is 16.6 Å². The zero-order chi connectivity index (χ0) is 16.4. The van der Waals surface area contributed by atoms with Crippen molar-refractivity contribution < 1.29 is 17.2 Å². The fourth-order valence-corrected chi connectivity index (χ4v) is 3.82. The molecule has 3 aromatic rings. The second kappa shape index (κ2) is 6.27. The summed E-state index contributed by atoms with van der Waals surface area (Å²) in [6.45, 7) is 1.55. The largest absolute Gasteiger partial charge is 0.459 e. The normalized spacial score (nSPS) is 11.7. The summed E-state index contributed by atoms with van der Waals surface area (Å²) in [5.41, 5.74) is 0.283. The molecule has 0 saturated heterocycles. The Morgan fingerprint density at radius 1 is 1.22 bits per heavy atom.